The third-order valence-electron chi connectivity index (χ3n) is 4.89. The summed E-state index contributed by atoms with van der Waals surface area (Å²) in [5.74, 6) is -0.280. The van der Waals surface area contributed by atoms with E-state index in [-0.39, 0.29) is 39.9 Å². The fraction of sp³-hybridized carbons (Fsp3) is 0.250. The van der Waals surface area contributed by atoms with Crippen LogP contribution >= 0.6 is 11.6 Å². The number of anilines is 1. The molecule has 0 bridgehead atoms. The van der Waals surface area contributed by atoms with Crippen LogP contribution in [0.4, 0.5) is 10.1 Å². The van der Waals surface area contributed by atoms with Crippen molar-refractivity contribution >= 4 is 33.2 Å². The number of nitrogens with zero attached hydrogens (tertiary/aromatic N) is 3. The number of amides is 1. The summed E-state index contributed by atoms with van der Waals surface area (Å²) < 4.78 is 46.3. The lowest BCUT2D eigenvalue weighted by Gasteiger charge is -2.21. The van der Waals surface area contributed by atoms with Crippen LogP contribution in [-0.4, -0.2) is 35.3 Å². The first kappa shape index (κ1) is 21.4. The van der Waals surface area contributed by atoms with Crippen LogP contribution < -0.4 is 5.32 Å². The lowest BCUT2D eigenvalue weighted by atomic mass is 10.2. The zero-order valence-electron chi connectivity index (χ0n) is 16.4. The molecule has 11 heteroatoms. The molecule has 2 heterocycles. The Bertz CT molecular complexity index is 1230. The number of halogens is 2. The van der Waals surface area contributed by atoms with Gasteiger partial charge in [0.25, 0.3) is 0 Å². The Hall–Kier alpha value is -2.82. The SMILES string of the molecule is CC(=O)Nc1ccc(S(=O)(=O)N2CCCC2c2nc(-c3ccc(F)cc3)no2)cc1Cl. The van der Waals surface area contributed by atoms with E-state index in [0.29, 0.717) is 24.1 Å². The standard InChI is InChI=1S/C20H18ClFN4O4S/c1-12(27)23-17-9-8-15(11-16(17)21)31(28,29)26-10-2-3-18(26)20-24-19(25-30-20)13-4-6-14(22)7-5-13/h4-9,11,18H,2-3,10H2,1H3,(H,23,27). The van der Waals surface area contributed by atoms with E-state index in [2.05, 4.69) is 15.5 Å². The van der Waals surface area contributed by atoms with Gasteiger partial charge in [0.2, 0.25) is 27.6 Å². The summed E-state index contributed by atoms with van der Waals surface area (Å²) in [5.41, 5.74) is 0.885. The van der Waals surface area contributed by atoms with E-state index in [0.717, 1.165) is 0 Å². The van der Waals surface area contributed by atoms with Crippen molar-refractivity contribution in [3.63, 3.8) is 0 Å². The van der Waals surface area contributed by atoms with Gasteiger partial charge < -0.3 is 9.84 Å². The first-order valence-electron chi connectivity index (χ1n) is 9.44. The van der Waals surface area contributed by atoms with Crippen LogP contribution in [0, 0.1) is 5.82 Å². The summed E-state index contributed by atoms with van der Waals surface area (Å²) in [7, 11) is -3.91. The lowest BCUT2D eigenvalue weighted by Crippen LogP contribution is -2.31. The highest BCUT2D eigenvalue weighted by molar-refractivity contribution is 7.89. The van der Waals surface area contributed by atoms with Crippen LogP contribution in [0.3, 0.4) is 0 Å². The zero-order chi connectivity index (χ0) is 22.2. The van der Waals surface area contributed by atoms with E-state index in [1.165, 1.54) is 53.7 Å². The third-order valence-corrected chi connectivity index (χ3v) is 7.11. The van der Waals surface area contributed by atoms with Gasteiger partial charge in [0.05, 0.1) is 15.6 Å². The minimum absolute atomic E-state index is 0.00299. The van der Waals surface area contributed by atoms with E-state index in [4.69, 9.17) is 16.1 Å². The van der Waals surface area contributed by atoms with Gasteiger partial charge in [-0.1, -0.05) is 16.8 Å². The number of rotatable bonds is 5. The van der Waals surface area contributed by atoms with Gasteiger partial charge in [-0.2, -0.15) is 9.29 Å². The van der Waals surface area contributed by atoms with Crippen molar-refractivity contribution in [3.05, 3.63) is 59.2 Å². The van der Waals surface area contributed by atoms with Crippen LogP contribution in [0.15, 0.2) is 51.9 Å². The summed E-state index contributed by atoms with van der Waals surface area (Å²) in [4.78, 5) is 15.6. The van der Waals surface area contributed by atoms with Gasteiger partial charge in [0.1, 0.15) is 11.9 Å². The van der Waals surface area contributed by atoms with Crippen molar-refractivity contribution < 1.29 is 22.1 Å². The number of hydrogen-bond acceptors (Lipinski definition) is 6. The molecule has 1 aliphatic heterocycles. The van der Waals surface area contributed by atoms with Crippen molar-refractivity contribution in [3.8, 4) is 11.4 Å². The molecular formula is C20H18ClFN4O4S. The molecule has 0 spiro atoms. The predicted molar refractivity (Wildman–Crippen MR) is 111 cm³/mol. The Morgan fingerprint density at radius 1 is 1.26 bits per heavy atom. The Balaban J connectivity index is 1.61. The van der Waals surface area contributed by atoms with Gasteiger partial charge in [0, 0.05) is 19.0 Å². The van der Waals surface area contributed by atoms with Gasteiger partial charge in [-0.15, -0.1) is 0 Å². The molecule has 3 aromatic rings. The Morgan fingerprint density at radius 2 is 2.00 bits per heavy atom. The monoisotopic (exact) mass is 464 g/mol. The van der Waals surface area contributed by atoms with E-state index in [9.17, 15) is 17.6 Å². The fourth-order valence-corrected chi connectivity index (χ4v) is 5.41. The molecular weight excluding hydrogens is 447 g/mol. The van der Waals surface area contributed by atoms with Gasteiger partial charge in [-0.3, -0.25) is 4.79 Å². The second kappa shape index (κ2) is 8.37. The molecule has 1 unspecified atom stereocenters. The molecule has 2 aromatic carbocycles. The van der Waals surface area contributed by atoms with Crippen LogP contribution in [0.2, 0.25) is 5.02 Å². The molecule has 162 valence electrons. The van der Waals surface area contributed by atoms with Crippen LogP contribution in [0.25, 0.3) is 11.4 Å². The maximum atomic E-state index is 13.3. The normalized spacial score (nSPS) is 17.1. The molecule has 1 saturated heterocycles. The quantitative estimate of drug-likeness (QED) is 0.611. The van der Waals surface area contributed by atoms with E-state index in [1.807, 2.05) is 0 Å². The number of carbonyl (C=O) groups is 1. The molecule has 31 heavy (non-hydrogen) atoms. The average Bonchev–Trinajstić information content (AvgIpc) is 3.39. The molecule has 1 fully saturated rings. The highest BCUT2D eigenvalue weighted by Crippen LogP contribution is 2.37. The summed E-state index contributed by atoms with van der Waals surface area (Å²) in [6.07, 6.45) is 1.14. The summed E-state index contributed by atoms with van der Waals surface area (Å²) in [6.45, 7) is 1.62. The van der Waals surface area contributed by atoms with Crippen molar-refractivity contribution in [1.82, 2.24) is 14.4 Å². The van der Waals surface area contributed by atoms with Crippen LogP contribution in [-0.2, 0) is 14.8 Å². The smallest absolute Gasteiger partial charge is 0.245 e. The summed E-state index contributed by atoms with van der Waals surface area (Å²) in [5, 5.41) is 6.57. The molecule has 4 rings (SSSR count). The average molecular weight is 465 g/mol. The molecule has 1 aromatic heterocycles. The number of carbonyl (C=O) groups excluding carboxylic acids is 1. The minimum atomic E-state index is -3.91. The predicted octanol–water partition coefficient (Wildman–Crippen LogP) is 4.01. The molecule has 1 atom stereocenters. The topological polar surface area (TPSA) is 105 Å². The second-order valence-corrected chi connectivity index (χ2v) is 9.36. The lowest BCUT2D eigenvalue weighted by molar-refractivity contribution is -0.114. The maximum Gasteiger partial charge on any atom is 0.245 e. The summed E-state index contributed by atoms with van der Waals surface area (Å²) >= 11 is 6.16. The van der Waals surface area contributed by atoms with Crippen LogP contribution in [0.1, 0.15) is 31.7 Å². The highest BCUT2D eigenvalue weighted by atomic mass is 35.5. The first-order valence-corrected chi connectivity index (χ1v) is 11.3. The van der Waals surface area contributed by atoms with Crippen LogP contribution in [0.5, 0.6) is 0 Å². The van der Waals surface area contributed by atoms with Crippen molar-refractivity contribution in [2.45, 2.75) is 30.7 Å². The second-order valence-electron chi connectivity index (χ2n) is 7.06. The highest BCUT2D eigenvalue weighted by Gasteiger charge is 2.39. The van der Waals surface area contributed by atoms with E-state index >= 15 is 0 Å². The molecule has 1 aliphatic rings. The van der Waals surface area contributed by atoms with Crippen molar-refractivity contribution in [2.75, 3.05) is 11.9 Å². The molecule has 1 amide bonds. The third kappa shape index (κ3) is 4.32. The number of sulfonamides is 1. The van der Waals surface area contributed by atoms with Gasteiger partial charge in [0.15, 0.2) is 0 Å². The molecule has 1 N–H and O–H groups in total. The van der Waals surface area contributed by atoms with Gasteiger partial charge in [-0.25, -0.2) is 12.8 Å². The van der Waals surface area contributed by atoms with Gasteiger partial charge in [-0.05, 0) is 55.3 Å². The van der Waals surface area contributed by atoms with Crippen molar-refractivity contribution in [1.29, 1.82) is 0 Å². The largest absolute Gasteiger partial charge is 0.337 e. The maximum absolute atomic E-state index is 13.3. The van der Waals surface area contributed by atoms with E-state index < -0.39 is 16.1 Å². The number of aromatic nitrogens is 2. The van der Waals surface area contributed by atoms with Crippen molar-refractivity contribution in [2.24, 2.45) is 0 Å². The molecule has 8 nitrogen and oxygen atoms in total. The molecule has 0 radical (unpaired) electrons. The number of nitrogens with one attached hydrogen (secondary N) is 1. The Morgan fingerprint density at radius 3 is 2.68 bits per heavy atom. The number of benzene rings is 2. The summed E-state index contributed by atoms with van der Waals surface area (Å²) in [6, 6.07) is 9.12. The number of hydrogen-bond donors (Lipinski definition) is 1. The Kier molecular flexibility index (Phi) is 5.78. The molecule has 0 aliphatic carbocycles. The first-order chi connectivity index (χ1) is 14.8. The minimum Gasteiger partial charge on any atom is -0.337 e. The molecule has 0 saturated carbocycles. The fourth-order valence-electron chi connectivity index (χ4n) is 3.44. The van der Waals surface area contributed by atoms with E-state index in [1.54, 1.807) is 0 Å². The Labute approximate surface area is 183 Å². The van der Waals surface area contributed by atoms with Gasteiger partial charge >= 0.3 is 0 Å². The zero-order valence-corrected chi connectivity index (χ0v) is 18.0.